The second-order valence-electron chi connectivity index (χ2n) is 3.89. The zero-order valence-corrected chi connectivity index (χ0v) is 8.55. The minimum atomic E-state index is 0.0271. The molecule has 0 saturated heterocycles. The van der Waals surface area contributed by atoms with Crippen molar-refractivity contribution in [2.24, 2.45) is 0 Å². The highest BCUT2D eigenvalue weighted by molar-refractivity contribution is 5.40. The molecule has 1 heterocycles. The van der Waals surface area contributed by atoms with Crippen molar-refractivity contribution in [3.05, 3.63) is 12.3 Å². The molecule has 2 N–H and O–H groups in total. The van der Waals surface area contributed by atoms with Crippen LogP contribution in [0.25, 0.3) is 0 Å². The Balaban J connectivity index is 2.78. The maximum absolute atomic E-state index is 4.24. The van der Waals surface area contributed by atoms with Gasteiger partial charge in [-0.1, -0.05) is 0 Å². The third-order valence-electron chi connectivity index (χ3n) is 1.38. The van der Waals surface area contributed by atoms with Gasteiger partial charge in [-0.3, -0.25) is 0 Å². The van der Waals surface area contributed by atoms with Crippen molar-refractivity contribution in [3.63, 3.8) is 0 Å². The summed E-state index contributed by atoms with van der Waals surface area (Å²) in [7, 11) is 1.80. The van der Waals surface area contributed by atoms with E-state index in [4.69, 9.17) is 0 Å². The second kappa shape index (κ2) is 3.60. The van der Waals surface area contributed by atoms with Crippen LogP contribution >= 0.6 is 0 Å². The minimum absolute atomic E-state index is 0.0271. The van der Waals surface area contributed by atoms with Gasteiger partial charge in [0.2, 0.25) is 5.95 Å². The lowest BCUT2D eigenvalue weighted by molar-refractivity contribution is 0.630. The molecule has 72 valence electrons. The number of anilines is 2. The van der Waals surface area contributed by atoms with Crippen LogP contribution in [0.1, 0.15) is 20.8 Å². The highest BCUT2D eigenvalue weighted by atomic mass is 15.1. The lowest BCUT2D eigenvalue weighted by Crippen LogP contribution is -2.26. The molecule has 0 spiro atoms. The molecular weight excluding hydrogens is 164 g/mol. The fourth-order valence-electron chi connectivity index (χ4n) is 0.933. The fourth-order valence-corrected chi connectivity index (χ4v) is 0.933. The van der Waals surface area contributed by atoms with Crippen molar-refractivity contribution in [2.75, 3.05) is 17.7 Å². The molecule has 0 bridgehead atoms. The van der Waals surface area contributed by atoms with Gasteiger partial charge in [0.1, 0.15) is 5.82 Å². The first kappa shape index (κ1) is 9.77. The summed E-state index contributed by atoms with van der Waals surface area (Å²) in [6, 6.07) is 1.85. The molecule has 0 radical (unpaired) electrons. The maximum Gasteiger partial charge on any atom is 0.224 e. The van der Waals surface area contributed by atoms with Gasteiger partial charge in [-0.05, 0) is 26.8 Å². The highest BCUT2D eigenvalue weighted by Crippen LogP contribution is 2.12. The Bertz CT molecular complexity index is 277. The lowest BCUT2D eigenvalue weighted by Gasteiger charge is -2.21. The van der Waals surface area contributed by atoms with Crippen molar-refractivity contribution in [1.29, 1.82) is 0 Å². The normalized spacial score (nSPS) is 11.1. The molecule has 0 aliphatic rings. The molecule has 0 saturated carbocycles. The van der Waals surface area contributed by atoms with Crippen molar-refractivity contribution < 1.29 is 0 Å². The van der Waals surface area contributed by atoms with Crippen LogP contribution in [0.2, 0.25) is 0 Å². The zero-order valence-electron chi connectivity index (χ0n) is 8.55. The standard InChI is InChI=1S/C9H16N4/c1-9(2,3)13-7-5-6-11-8(10-4)12-7/h5-6H,1-4H3,(H2,10,11,12,13). The third kappa shape index (κ3) is 3.27. The predicted molar refractivity (Wildman–Crippen MR) is 55.0 cm³/mol. The summed E-state index contributed by atoms with van der Waals surface area (Å²) in [6.07, 6.45) is 1.73. The van der Waals surface area contributed by atoms with Crippen molar-refractivity contribution in [1.82, 2.24) is 9.97 Å². The summed E-state index contributed by atoms with van der Waals surface area (Å²) in [6.45, 7) is 6.27. The largest absolute Gasteiger partial charge is 0.365 e. The van der Waals surface area contributed by atoms with Crippen LogP contribution in [-0.4, -0.2) is 22.6 Å². The third-order valence-corrected chi connectivity index (χ3v) is 1.38. The van der Waals surface area contributed by atoms with Crippen molar-refractivity contribution >= 4 is 11.8 Å². The molecule has 0 aromatic carbocycles. The minimum Gasteiger partial charge on any atom is -0.365 e. The fraction of sp³-hybridized carbons (Fsp3) is 0.556. The average molecular weight is 180 g/mol. The predicted octanol–water partition coefficient (Wildman–Crippen LogP) is 1.73. The van der Waals surface area contributed by atoms with Gasteiger partial charge in [-0.25, -0.2) is 4.98 Å². The van der Waals surface area contributed by atoms with Crippen molar-refractivity contribution in [3.8, 4) is 0 Å². The Morgan fingerprint density at radius 1 is 1.31 bits per heavy atom. The molecule has 0 atom stereocenters. The van der Waals surface area contributed by atoms with Crippen LogP contribution in [0.5, 0.6) is 0 Å². The summed E-state index contributed by atoms with van der Waals surface area (Å²) in [4.78, 5) is 8.27. The van der Waals surface area contributed by atoms with Crippen LogP contribution in [0.4, 0.5) is 11.8 Å². The molecule has 1 rings (SSSR count). The van der Waals surface area contributed by atoms with Crippen LogP contribution in [0, 0.1) is 0 Å². The first-order valence-electron chi connectivity index (χ1n) is 4.30. The molecule has 13 heavy (non-hydrogen) atoms. The van der Waals surface area contributed by atoms with Crippen LogP contribution in [0.15, 0.2) is 12.3 Å². The average Bonchev–Trinajstić information content (AvgIpc) is 2.01. The quantitative estimate of drug-likeness (QED) is 0.727. The van der Waals surface area contributed by atoms with E-state index in [2.05, 4.69) is 41.4 Å². The monoisotopic (exact) mass is 180 g/mol. The van der Waals surface area contributed by atoms with E-state index in [1.54, 1.807) is 13.2 Å². The van der Waals surface area contributed by atoms with E-state index in [1.807, 2.05) is 6.07 Å². The van der Waals surface area contributed by atoms with E-state index in [1.165, 1.54) is 0 Å². The van der Waals surface area contributed by atoms with Gasteiger partial charge in [-0.2, -0.15) is 4.98 Å². The summed E-state index contributed by atoms with van der Waals surface area (Å²) < 4.78 is 0. The Morgan fingerprint density at radius 3 is 2.54 bits per heavy atom. The number of hydrogen-bond donors (Lipinski definition) is 2. The molecule has 0 amide bonds. The Labute approximate surface area is 78.8 Å². The molecule has 4 heteroatoms. The molecule has 0 unspecified atom stereocenters. The second-order valence-corrected chi connectivity index (χ2v) is 3.89. The van der Waals surface area contributed by atoms with E-state index < -0.39 is 0 Å². The zero-order chi connectivity index (χ0) is 9.90. The smallest absolute Gasteiger partial charge is 0.224 e. The molecule has 1 aromatic rings. The summed E-state index contributed by atoms with van der Waals surface area (Å²) >= 11 is 0. The SMILES string of the molecule is CNc1nccc(NC(C)(C)C)n1. The first-order valence-corrected chi connectivity index (χ1v) is 4.30. The first-order chi connectivity index (χ1) is 6.01. The molecule has 0 aliphatic heterocycles. The maximum atomic E-state index is 4.24. The van der Waals surface area contributed by atoms with Gasteiger partial charge in [0.25, 0.3) is 0 Å². The number of hydrogen-bond acceptors (Lipinski definition) is 4. The van der Waals surface area contributed by atoms with Crippen LogP contribution < -0.4 is 10.6 Å². The van der Waals surface area contributed by atoms with Gasteiger partial charge in [-0.15, -0.1) is 0 Å². The van der Waals surface area contributed by atoms with E-state index in [0.29, 0.717) is 5.95 Å². The molecule has 4 nitrogen and oxygen atoms in total. The molecule has 0 fully saturated rings. The van der Waals surface area contributed by atoms with Crippen LogP contribution in [-0.2, 0) is 0 Å². The Morgan fingerprint density at radius 2 is 2.00 bits per heavy atom. The number of aromatic nitrogens is 2. The number of nitrogens with one attached hydrogen (secondary N) is 2. The van der Waals surface area contributed by atoms with Gasteiger partial charge >= 0.3 is 0 Å². The molecular formula is C9H16N4. The topological polar surface area (TPSA) is 49.8 Å². The van der Waals surface area contributed by atoms with Gasteiger partial charge in [0, 0.05) is 18.8 Å². The van der Waals surface area contributed by atoms with E-state index in [-0.39, 0.29) is 5.54 Å². The van der Waals surface area contributed by atoms with E-state index in [0.717, 1.165) is 5.82 Å². The lowest BCUT2D eigenvalue weighted by atomic mass is 10.1. The number of rotatable bonds is 2. The number of nitrogens with zero attached hydrogens (tertiary/aromatic N) is 2. The Hall–Kier alpha value is -1.32. The Kier molecular flexibility index (Phi) is 2.70. The molecule has 1 aromatic heterocycles. The van der Waals surface area contributed by atoms with Gasteiger partial charge in [0.15, 0.2) is 0 Å². The van der Waals surface area contributed by atoms with Crippen molar-refractivity contribution in [2.45, 2.75) is 26.3 Å². The van der Waals surface area contributed by atoms with E-state index >= 15 is 0 Å². The highest BCUT2D eigenvalue weighted by Gasteiger charge is 2.09. The van der Waals surface area contributed by atoms with E-state index in [9.17, 15) is 0 Å². The van der Waals surface area contributed by atoms with Gasteiger partial charge < -0.3 is 10.6 Å². The van der Waals surface area contributed by atoms with Crippen LogP contribution in [0.3, 0.4) is 0 Å². The molecule has 0 aliphatic carbocycles. The van der Waals surface area contributed by atoms with Gasteiger partial charge in [0.05, 0.1) is 0 Å². The summed E-state index contributed by atoms with van der Waals surface area (Å²) in [5, 5.41) is 6.16. The summed E-state index contributed by atoms with van der Waals surface area (Å²) in [5.74, 6) is 1.47. The summed E-state index contributed by atoms with van der Waals surface area (Å²) in [5.41, 5.74) is 0.0271.